The Morgan fingerprint density at radius 1 is 1.03 bits per heavy atom. The highest BCUT2D eigenvalue weighted by molar-refractivity contribution is 5.13. The molecule has 1 aromatic rings. The molecule has 2 aliphatic heterocycles. The average Bonchev–Trinajstić information content (AvgIpc) is 2.72. The molecular weight excluding hydrogens is 390 g/mol. The number of rotatable bonds is 8. The van der Waals surface area contributed by atoms with Gasteiger partial charge >= 0.3 is 0 Å². The summed E-state index contributed by atoms with van der Waals surface area (Å²) in [6.45, 7) is 3.02. The second-order valence-corrected chi connectivity index (χ2v) is 8.10. The number of methoxy groups -OCH3 is 2. The van der Waals surface area contributed by atoms with E-state index in [0.717, 1.165) is 5.56 Å². The van der Waals surface area contributed by atoms with Gasteiger partial charge in [0.05, 0.1) is 38.1 Å². The highest BCUT2D eigenvalue weighted by atomic mass is 16.7. The molecule has 2 fully saturated rings. The maximum atomic E-state index is 10.4. The van der Waals surface area contributed by atoms with E-state index in [1.54, 1.807) is 14.2 Å². The normalized spacial score (nSPS) is 37.4. The molecule has 0 spiro atoms. The highest BCUT2D eigenvalue weighted by Crippen LogP contribution is 2.31. The molecule has 8 nitrogen and oxygen atoms in total. The first-order valence-corrected chi connectivity index (χ1v) is 10.4. The minimum atomic E-state index is -0.682. The minimum Gasteiger partial charge on any atom is -0.389 e. The Labute approximate surface area is 178 Å². The van der Waals surface area contributed by atoms with Gasteiger partial charge in [0.2, 0.25) is 0 Å². The quantitative estimate of drug-likeness (QED) is 0.662. The molecule has 2 aliphatic rings. The van der Waals surface area contributed by atoms with Gasteiger partial charge in [0.25, 0.3) is 0 Å². The Morgan fingerprint density at radius 2 is 1.73 bits per heavy atom. The summed E-state index contributed by atoms with van der Waals surface area (Å²) >= 11 is 0. The molecule has 1 aromatic carbocycles. The van der Waals surface area contributed by atoms with Crippen molar-refractivity contribution in [3.8, 4) is 0 Å². The number of nitrogens with zero attached hydrogens (tertiary/aromatic N) is 1. The van der Waals surface area contributed by atoms with Gasteiger partial charge in [-0.05, 0) is 26.6 Å². The van der Waals surface area contributed by atoms with Gasteiger partial charge in [-0.25, -0.2) is 0 Å². The monoisotopic (exact) mass is 425 g/mol. The third-order valence-corrected chi connectivity index (χ3v) is 5.81. The number of likely N-dealkylation sites (N-methyl/N-ethyl adjacent to an activating group) is 1. The highest BCUT2D eigenvalue weighted by Gasteiger charge is 2.48. The van der Waals surface area contributed by atoms with Crippen LogP contribution < -0.4 is 0 Å². The van der Waals surface area contributed by atoms with Gasteiger partial charge in [-0.2, -0.15) is 0 Å². The second kappa shape index (κ2) is 11.0. The van der Waals surface area contributed by atoms with Crippen molar-refractivity contribution in [2.45, 2.75) is 62.5 Å². The van der Waals surface area contributed by atoms with Crippen LogP contribution in [0, 0.1) is 0 Å². The van der Waals surface area contributed by atoms with Crippen LogP contribution in [0.3, 0.4) is 0 Å². The zero-order valence-corrected chi connectivity index (χ0v) is 18.5. The Kier molecular flexibility index (Phi) is 8.62. The van der Waals surface area contributed by atoms with Crippen LogP contribution in [0.15, 0.2) is 30.3 Å². The van der Waals surface area contributed by atoms with Gasteiger partial charge in [0.1, 0.15) is 24.4 Å². The molecule has 1 N–H and O–H groups in total. The molecule has 0 bridgehead atoms. The Hall–Kier alpha value is -1.10. The van der Waals surface area contributed by atoms with Crippen molar-refractivity contribution in [3.05, 3.63) is 35.9 Å². The van der Waals surface area contributed by atoms with E-state index in [2.05, 4.69) is 0 Å². The van der Waals surface area contributed by atoms with Crippen LogP contribution in [0.5, 0.6) is 0 Å². The molecule has 3 rings (SSSR count). The first-order chi connectivity index (χ1) is 14.5. The lowest BCUT2D eigenvalue weighted by atomic mass is 9.98. The van der Waals surface area contributed by atoms with E-state index in [-0.39, 0.29) is 37.1 Å². The number of hydrogen-bond donors (Lipinski definition) is 1. The van der Waals surface area contributed by atoms with Gasteiger partial charge in [-0.1, -0.05) is 30.3 Å². The van der Waals surface area contributed by atoms with E-state index in [0.29, 0.717) is 13.2 Å². The zero-order chi connectivity index (χ0) is 21.7. The van der Waals surface area contributed by atoms with Crippen LogP contribution in [0.1, 0.15) is 12.5 Å². The molecule has 2 saturated heterocycles. The minimum absolute atomic E-state index is 0.209. The third-order valence-electron chi connectivity index (χ3n) is 5.81. The van der Waals surface area contributed by atoms with Crippen LogP contribution in [0.25, 0.3) is 0 Å². The predicted molar refractivity (Wildman–Crippen MR) is 110 cm³/mol. The number of ether oxygens (including phenoxy) is 6. The average molecular weight is 426 g/mol. The van der Waals surface area contributed by atoms with Gasteiger partial charge in [0, 0.05) is 14.2 Å². The summed E-state index contributed by atoms with van der Waals surface area (Å²) in [6.07, 6.45) is -3.16. The standard InChI is InChI=1S/C22H35NO7/c1-14-19(25-4)20(28-11-15-9-7-6-8-10-15)21(26-5)22(29-14)30-17-13-27-12-16(24)18(17)23(2)3/h6-10,14,16-22,24H,11-13H2,1-5H3. The van der Waals surface area contributed by atoms with E-state index < -0.39 is 18.5 Å². The molecule has 2 heterocycles. The largest absolute Gasteiger partial charge is 0.389 e. The van der Waals surface area contributed by atoms with Crippen molar-refractivity contribution in [2.75, 3.05) is 41.5 Å². The van der Waals surface area contributed by atoms with Crippen LogP contribution in [-0.2, 0) is 35.0 Å². The topological polar surface area (TPSA) is 78.9 Å². The van der Waals surface area contributed by atoms with E-state index in [4.69, 9.17) is 28.4 Å². The molecule has 8 unspecified atom stereocenters. The Bertz CT molecular complexity index is 631. The lowest BCUT2D eigenvalue weighted by Crippen LogP contribution is -2.63. The summed E-state index contributed by atoms with van der Waals surface area (Å²) in [5.74, 6) is 0. The predicted octanol–water partition coefficient (Wildman–Crippen LogP) is 1.05. The molecule has 0 aromatic heterocycles. The molecule has 8 atom stereocenters. The van der Waals surface area contributed by atoms with Crippen molar-refractivity contribution in [1.29, 1.82) is 0 Å². The maximum absolute atomic E-state index is 10.4. The van der Waals surface area contributed by atoms with Crippen molar-refractivity contribution >= 4 is 0 Å². The summed E-state index contributed by atoms with van der Waals surface area (Å²) in [4.78, 5) is 1.95. The van der Waals surface area contributed by atoms with Gasteiger partial charge in [0.15, 0.2) is 6.29 Å². The van der Waals surface area contributed by atoms with Crippen molar-refractivity contribution in [3.63, 3.8) is 0 Å². The molecule has 0 radical (unpaired) electrons. The number of aliphatic hydroxyl groups excluding tert-OH is 1. The van der Waals surface area contributed by atoms with Gasteiger partial charge < -0.3 is 38.4 Å². The molecule has 30 heavy (non-hydrogen) atoms. The van der Waals surface area contributed by atoms with Crippen LogP contribution in [0.4, 0.5) is 0 Å². The first kappa shape index (κ1) is 23.6. The maximum Gasteiger partial charge on any atom is 0.187 e. The molecule has 0 amide bonds. The molecular formula is C22H35NO7. The molecule has 0 saturated carbocycles. The fraction of sp³-hybridized carbons (Fsp3) is 0.727. The third kappa shape index (κ3) is 5.38. The number of hydrogen-bond acceptors (Lipinski definition) is 8. The number of benzene rings is 1. The zero-order valence-electron chi connectivity index (χ0n) is 18.5. The van der Waals surface area contributed by atoms with E-state index in [9.17, 15) is 5.11 Å². The SMILES string of the molecule is COC1C(C)OC(OC2COCC(O)C2N(C)C)C(OC)C1OCc1ccccc1. The van der Waals surface area contributed by atoms with Crippen molar-refractivity contribution < 1.29 is 33.5 Å². The van der Waals surface area contributed by atoms with Gasteiger partial charge in [-0.3, -0.25) is 0 Å². The fourth-order valence-electron chi connectivity index (χ4n) is 4.33. The molecule has 8 heteroatoms. The van der Waals surface area contributed by atoms with Crippen molar-refractivity contribution in [1.82, 2.24) is 4.90 Å². The summed E-state index contributed by atoms with van der Waals surface area (Å²) in [7, 11) is 7.09. The number of aliphatic hydroxyl groups is 1. The van der Waals surface area contributed by atoms with Crippen molar-refractivity contribution in [2.24, 2.45) is 0 Å². The van der Waals surface area contributed by atoms with Crippen LogP contribution >= 0.6 is 0 Å². The molecule has 0 aliphatic carbocycles. The Balaban J connectivity index is 1.75. The summed E-state index contributed by atoms with van der Waals surface area (Å²) in [5.41, 5.74) is 1.07. The Morgan fingerprint density at radius 3 is 2.37 bits per heavy atom. The van der Waals surface area contributed by atoms with E-state index in [1.165, 1.54) is 0 Å². The van der Waals surface area contributed by atoms with E-state index >= 15 is 0 Å². The fourth-order valence-corrected chi connectivity index (χ4v) is 4.33. The lowest BCUT2D eigenvalue weighted by Gasteiger charge is -2.47. The first-order valence-electron chi connectivity index (χ1n) is 10.4. The smallest absolute Gasteiger partial charge is 0.187 e. The van der Waals surface area contributed by atoms with Gasteiger partial charge in [-0.15, -0.1) is 0 Å². The summed E-state index contributed by atoms with van der Waals surface area (Å²) < 4.78 is 35.7. The second-order valence-electron chi connectivity index (χ2n) is 8.10. The molecule has 170 valence electrons. The van der Waals surface area contributed by atoms with Crippen LogP contribution in [0.2, 0.25) is 0 Å². The summed E-state index contributed by atoms with van der Waals surface area (Å²) in [6, 6.07) is 9.76. The lowest BCUT2D eigenvalue weighted by molar-refractivity contribution is -0.330. The summed E-state index contributed by atoms with van der Waals surface area (Å²) in [5, 5.41) is 10.4. The van der Waals surface area contributed by atoms with Crippen LogP contribution in [-0.4, -0.2) is 100 Å². The van der Waals surface area contributed by atoms with E-state index in [1.807, 2.05) is 56.3 Å².